The Morgan fingerprint density at radius 2 is 1.82 bits per heavy atom. The van der Waals surface area contributed by atoms with E-state index in [1.165, 1.54) is 38.0 Å². The Hall–Kier alpha value is -3.08. The van der Waals surface area contributed by atoms with Gasteiger partial charge in [0.1, 0.15) is 16.7 Å². The largest absolute Gasteiger partial charge is 0.497 e. The summed E-state index contributed by atoms with van der Waals surface area (Å²) in [6.07, 6.45) is -0.653. The Morgan fingerprint density at radius 1 is 1.09 bits per heavy atom. The van der Waals surface area contributed by atoms with Crippen molar-refractivity contribution < 1.29 is 28.5 Å². The molecule has 1 aliphatic rings. The zero-order valence-corrected chi connectivity index (χ0v) is 19.8. The minimum absolute atomic E-state index is 0.0341. The molecular formula is C23H27N3O6S. The fraction of sp³-hybridized carbons (Fsp3) is 0.348. The Balaban J connectivity index is 1.76. The van der Waals surface area contributed by atoms with Crippen LogP contribution in [0, 0.1) is 0 Å². The number of nitrogens with zero attached hydrogens (tertiary/aromatic N) is 2. The maximum Gasteiger partial charge on any atom is 0.242 e. The first-order valence-corrected chi connectivity index (χ1v) is 11.1. The van der Waals surface area contributed by atoms with Crippen LogP contribution in [0.3, 0.4) is 0 Å². The molecule has 0 aromatic heterocycles. The van der Waals surface area contributed by atoms with Crippen LogP contribution in [0.5, 0.6) is 11.5 Å². The number of nitrogens with one attached hydrogen (secondary N) is 1. The van der Waals surface area contributed by atoms with Gasteiger partial charge in [0.05, 0.1) is 32.1 Å². The minimum Gasteiger partial charge on any atom is -0.497 e. The molecular weight excluding hydrogens is 446 g/mol. The maximum absolute atomic E-state index is 13.2. The molecule has 0 saturated carbocycles. The summed E-state index contributed by atoms with van der Waals surface area (Å²) in [5, 5.41) is 2.67. The molecule has 10 heteroatoms. The van der Waals surface area contributed by atoms with Gasteiger partial charge in [0.2, 0.25) is 11.8 Å². The van der Waals surface area contributed by atoms with Crippen molar-refractivity contribution >= 4 is 40.1 Å². The lowest BCUT2D eigenvalue weighted by Crippen LogP contribution is -2.40. The monoisotopic (exact) mass is 473 g/mol. The zero-order valence-electron chi connectivity index (χ0n) is 18.9. The molecule has 1 atom stereocenters. The molecule has 0 spiro atoms. The highest BCUT2D eigenvalue weighted by atomic mass is 32.2. The smallest absolute Gasteiger partial charge is 0.242 e. The zero-order chi connectivity index (χ0) is 23.8. The lowest BCUT2D eigenvalue weighted by molar-refractivity contribution is -0.138. The van der Waals surface area contributed by atoms with Crippen LogP contribution in [-0.2, 0) is 19.1 Å². The fourth-order valence-corrected chi connectivity index (χ4v) is 4.34. The first-order valence-electron chi connectivity index (χ1n) is 10.2. The number of methoxy groups -OCH3 is 4. The van der Waals surface area contributed by atoms with E-state index in [-0.39, 0.29) is 24.8 Å². The molecule has 2 aromatic rings. The van der Waals surface area contributed by atoms with Gasteiger partial charge in [-0.25, -0.2) is 4.99 Å². The number of carbonyl (C=O) groups excluding carboxylic acids is 2. The van der Waals surface area contributed by atoms with Gasteiger partial charge in [-0.3, -0.25) is 14.5 Å². The van der Waals surface area contributed by atoms with Crippen molar-refractivity contribution in [3.05, 3.63) is 48.5 Å². The standard InChI is InChI=1S/C23H27N3O6S/c1-29-16-10-11-17(18(12-16)30-2)25-20(27)13-19-22(28)26(14-21(31-3)32-4)23(33-19)24-15-8-6-5-7-9-15/h5-12,19,21H,13-14H2,1-4H3,(H,25,27). The predicted octanol–water partition coefficient (Wildman–Crippen LogP) is 3.28. The Labute approximate surface area is 197 Å². The van der Waals surface area contributed by atoms with Gasteiger partial charge >= 0.3 is 0 Å². The highest BCUT2D eigenvalue weighted by molar-refractivity contribution is 8.15. The molecule has 0 bridgehead atoms. The van der Waals surface area contributed by atoms with Gasteiger partial charge < -0.3 is 24.3 Å². The van der Waals surface area contributed by atoms with E-state index < -0.39 is 11.5 Å². The number of rotatable bonds is 10. The number of hydrogen-bond acceptors (Lipinski definition) is 8. The topological polar surface area (TPSA) is 98.7 Å². The molecule has 1 N–H and O–H groups in total. The first-order chi connectivity index (χ1) is 16.0. The Bertz CT molecular complexity index is 997. The van der Waals surface area contributed by atoms with Crippen molar-refractivity contribution in [3.63, 3.8) is 0 Å². The van der Waals surface area contributed by atoms with Gasteiger partial charge in [0.25, 0.3) is 0 Å². The van der Waals surface area contributed by atoms with E-state index >= 15 is 0 Å². The lowest BCUT2D eigenvalue weighted by Gasteiger charge is -2.21. The summed E-state index contributed by atoms with van der Waals surface area (Å²) < 4.78 is 21.0. The van der Waals surface area contributed by atoms with Crippen molar-refractivity contribution in [2.75, 3.05) is 40.3 Å². The van der Waals surface area contributed by atoms with E-state index in [4.69, 9.17) is 18.9 Å². The van der Waals surface area contributed by atoms with Crippen LogP contribution in [0.25, 0.3) is 0 Å². The highest BCUT2D eigenvalue weighted by Gasteiger charge is 2.40. The van der Waals surface area contributed by atoms with Gasteiger partial charge in [0, 0.05) is 26.7 Å². The first kappa shape index (κ1) is 24.6. The molecule has 176 valence electrons. The van der Waals surface area contributed by atoms with Gasteiger partial charge in [-0.2, -0.15) is 0 Å². The number of amidine groups is 1. The number of amides is 2. The second kappa shape index (κ2) is 11.7. The third-order valence-corrected chi connectivity index (χ3v) is 6.09. The quantitative estimate of drug-likeness (QED) is 0.529. The molecule has 1 fully saturated rings. The summed E-state index contributed by atoms with van der Waals surface area (Å²) in [4.78, 5) is 32.0. The van der Waals surface area contributed by atoms with E-state index in [9.17, 15) is 9.59 Å². The molecule has 3 rings (SSSR count). The molecule has 1 saturated heterocycles. The molecule has 33 heavy (non-hydrogen) atoms. The van der Waals surface area contributed by atoms with Crippen LogP contribution in [0.2, 0.25) is 0 Å². The third-order valence-electron chi connectivity index (χ3n) is 4.91. The average Bonchev–Trinajstić information content (AvgIpc) is 3.11. The maximum atomic E-state index is 13.2. The van der Waals surface area contributed by atoms with Gasteiger partial charge in [-0.1, -0.05) is 30.0 Å². The van der Waals surface area contributed by atoms with Crippen molar-refractivity contribution in [2.24, 2.45) is 4.99 Å². The molecule has 0 radical (unpaired) electrons. The van der Waals surface area contributed by atoms with Crippen LogP contribution < -0.4 is 14.8 Å². The van der Waals surface area contributed by atoms with E-state index in [2.05, 4.69) is 10.3 Å². The van der Waals surface area contributed by atoms with Crippen LogP contribution in [-0.4, -0.2) is 68.4 Å². The normalized spacial score (nSPS) is 17.0. The van der Waals surface area contributed by atoms with E-state index in [0.717, 1.165) is 0 Å². The molecule has 1 aliphatic heterocycles. The number of carbonyl (C=O) groups is 2. The molecule has 2 amide bonds. The van der Waals surface area contributed by atoms with Crippen molar-refractivity contribution in [1.82, 2.24) is 4.90 Å². The van der Waals surface area contributed by atoms with Gasteiger partial charge in [-0.05, 0) is 24.3 Å². The van der Waals surface area contributed by atoms with Crippen LogP contribution in [0.4, 0.5) is 11.4 Å². The average molecular weight is 474 g/mol. The van der Waals surface area contributed by atoms with Gasteiger partial charge in [-0.15, -0.1) is 0 Å². The summed E-state index contributed by atoms with van der Waals surface area (Å²) in [5.41, 5.74) is 1.20. The van der Waals surface area contributed by atoms with Crippen molar-refractivity contribution in [2.45, 2.75) is 18.0 Å². The number of benzene rings is 2. The molecule has 9 nitrogen and oxygen atoms in total. The van der Waals surface area contributed by atoms with E-state index in [0.29, 0.717) is 28.0 Å². The number of aliphatic imine (C=N–C) groups is 1. The molecule has 1 unspecified atom stereocenters. The van der Waals surface area contributed by atoms with Crippen LogP contribution in [0.1, 0.15) is 6.42 Å². The third kappa shape index (κ3) is 6.25. The van der Waals surface area contributed by atoms with E-state index in [1.807, 2.05) is 30.3 Å². The number of para-hydroxylation sites is 1. The number of thioether (sulfide) groups is 1. The van der Waals surface area contributed by atoms with Crippen LogP contribution in [0.15, 0.2) is 53.5 Å². The molecule has 1 heterocycles. The van der Waals surface area contributed by atoms with Crippen molar-refractivity contribution in [1.29, 1.82) is 0 Å². The summed E-state index contributed by atoms with van der Waals surface area (Å²) in [5.74, 6) is 0.518. The second-order valence-electron chi connectivity index (χ2n) is 7.00. The van der Waals surface area contributed by atoms with Gasteiger partial charge in [0.15, 0.2) is 11.5 Å². The summed E-state index contributed by atoms with van der Waals surface area (Å²) in [7, 11) is 6.06. The minimum atomic E-state index is -0.633. The Kier molecular flexibility index (Phi) is 8.70. The predicted molar refractivity (Wildman–Crippen MR) is 127 cm³/mol. The number of ether oxygens (including phenoxy) is 4. The summed E-state index contributed by atoms with van der Waals surface area (Å²) >= 11 is 1.24. The fourth-order valence-electron chi connectivity index (χ4n) is 3.17. The van der Waals surface area contributed by atoms with Crippen LogP contribution >= 0.6 is 11.8 Å². The SMILES string of the molecule is COc1ccc(NC(=O)CC2SC(=Nc3ccccc3)N(CC(OC)OC)C2=O)c(OC)c1. The second-order valence-corrected chi connectivity index (χ2v) is 8.17. The summed E-state index contributed by atoms with van der Waals surface area (Å²) in [6, 6.07) is 14.4. The lowest BCUT2D eigenvalue weighted by atomic mass is 10.2. The van der Waals surface area contributed by atoms with E-state index in [1.54, 1.807) is 25.3 Å². The molecule has 0 aliphatic carbocycles. The number of anilines is 1. The highest BCUT2D eigenvalue weighted by Crippen LogP contribution is 2.33. The molecule has 2 aromatic carbocycles. The Morgan fingerprint density at radius 3 is 2.45 bits per heavy atom. The number of hydrogen-bond donors (Lipinski definition) is 1. The summed E-state index contributed by atoms with van der Waals surface area (Å²) in [6.45, 7) is 0.162. The van der Waals surface area contributed by atoms with Crippen molar-refractivity contribution in [3.8, 4) is 11.5 Å².